The molecule has 5 heteroatoms. The fraction of sp³-hybridized carbons (Fsp3) is 0.579. The maximum absolute atomic E-state index is 12.9. The van der Waals surface area contributed by atoms with Crippen LogP contribution in [0.2, 0.25) is 0 Å². The summed E-state index contributed by atoms with van der Waals surface area (Å²) in [4.78, 5) is 29.0. The Bertz CT molecular complexity index is 573. The van der Waals surface area contributed by atoms with Crippen LogP contribution in [0.5, 0.6) is 0 Å². The molecule has 1 atom stereocenters. The highest BCUT2D eigenvalue weighted by atomic mass is 16.5. The van der Waals surface area contributed by atoms with E-state index in [0.29, 0.717) is 6.61 Å². The number of ether oxygens (including phenoxy) is 1. The van der Waals surface area contributed by atoms with Gasteiger partial charge in [0, 0.05) is 25.4 Å². The Balaban J connectivity index is 1.76. The molecule has 0 aliphatic carbocycles. The number of carbonyl (C=O) groups is 2. The van der Waals surface area contributed by atoms with Gasteiger partial charge in [0.05, 0.1) is 0 Å². The topological polar surface area (TPSA) is 49.9 Å². The molecule has 1 aromatic rings. The van der Waals surface area contributed by atoms with E-state index in [0.717, 1.165) is 50.0 Å². The minimum absolute atomic E-state index is 0.0293. The van der Waals surface area contributed by atoms with Gasteiger partial charge in [-0.2, -0.15) is 0 Å². The van der Waals surface area contributed by atoms with Crippen LogP contribution < -0.4 is 4.90 Å². The van der Waals surface area contributed by atoms with Crippen molar-refractivity contribution in [2.75, 3.05) is 31.1 Å². The molecule has 2 saturated heterocycles. The Morgan fingerprint density at radius 1 is 1.12 bits per heavy atom. The zero-order valence-electron chi connectivity index (χ0n) is 14.4. The molecule has 130 valence electrons. The number of carbonyl (C=O) groups excluding carboxylic acids is 2. The number of benzene rings is 1. The predicted octanol–water partition coefficient (Wildman–Crippen LogP) is 2.52. The van der Waals surface area contributed by atoms with E-state index in [4.69, 9.17) is 4.74 Å². The summed E-state index contributed by atoms with van der Waals surface area (Å²) in [6.45, 7) is 4.33. The summed E-state index contributed by atoms with van der Waals surface area (Å²) in [5.74, 6) is -0.0664. The normalized spacial score (nSPS) is 20.9. The van der Waals surface area contributed by atoms with Crippen LogP contribution in [0.25, 0.3) is 0 Å². The lowest BCUT2D eigenvalue weighted by molar-refractivity contribution is -0.134. The molecule has 24 heavy (non-hydrogen) atoms. The minimum Gasteiger partial charge on any atom is -0.368 e. The van der Waals surface area contributed by atoms with Crippen molar-refractivity contribution in [3.63, 3.8) is 0 Å². The van der Waals surface area contributed by atoms with Crippen molar-refractivity contribution >= 4 is 17.5 Å². The molecule has 0 bridgehead atoms. The van der Waals surface area contributed by atoms with Crippen LogP contribution in [0.1, 0.15) is 37.7 Å². The molecule has 0 N–H and O–H groups in total. The average molecular weight is 330 g/mol. The van der Waals surface area contributed by atoms with Crippen molar-refractivity contribution in [2.45, 2.75) is 45.1 Å². The first-order valence-corrected chi connectivity index (χ1v) is 8.92. The second-order valence-electron chi connectivity index (χ2n) is 6.70. The van der Waals surface area contributed by atoms with Gasteiger partial charge in [-0.25, -0.2) is 0 Å². The maximum atomic E-state index is 12.9. The zero-order chi connectivity index (χ0) is 16.9. The third kappa shape index (κ3) is 3.96. The molecular formula is C19H26N2O3. The molecule has 0 saturated carbocycles. The van der Waals surface area contributed by atoms with Crippen LogP contribution in [0.3, 0.4) is 0 Å². The van der Waals surface area contributed by atoms with E-state index >= 15 is 0 Å². The lowest BCUT2D eigenvalue weighted by Crippen LogP contribution is -2.47. The number of nitrogens with zero attached hydrogens (tertiary/aromatic N) is 2. The van der Waals surface area contributed by atoms with Crippen LogP contribution in [-0.2, 0) is 14.3 Å². The number of likely N-dealkylation sites (tertiary alicyclic amines) is 1. The molecule has 2 aliphatic heterocycles. The predicted molar refractivity (Wildman–Crippen MR) is 92.9 cm³/mol. The Morgan fingerprint density at radius 3 is 2.46 bits per heavy atom. The van der Waals surface area contributed by atoms with Gasteiger partial charge in [0.15, 0.2) is 0 Å². The van der Waals surface area contributed by atoms with Gasteiger partial charge in [-0.05, 0) is 51.2 Å². The monoisotopic (exact) mass is 330 g/mol. The molecule has 0 unspecified atom stereocenters. The van der Waals surface area contributed by atoms with Gasteiger partial charge in [-0.3, -0.25) is 9.59 Å². The van der Waals surface area contributed by atoms with Crippen molar-refractivity contribution in [3.8, 4) is 0 Å². The van der Waals surface area contributed by atoms with E-state index in [9.17, 15) is 9.59 Å². The van der Waals surface area contributed by atoms with Gasteiger partial charge in [0.1, 0.15) is 12.6 Å². The maximum Gasteiger partial charge on any atom is 0.256 e. The smallest absolute Gasteiger partial charge is 0.256 e. The van der Waals surface area contributed by atoms with E-state index in [2.05, 4.69) is 0 Å². The largest absolute Gasteiger partial charge is 0.368 e. The Morgan fingerprint density at radius 2 is 1.83 bits per heavy atom. The van der Waals surface area contributed by atoms with Crippen LogP contribution >= 0.6 is 0 Å². The second kappa shape index (κ2) is 7.79. The van der Waals surface area contributed by atoms with Crippen LogP contribution in [0, 0.1) is 6.92 Å². The van der Waals surface area contributed by atoms with E-state index < -0.39 is 6.10 Å². The first-order chi connectivity index (χ1) is 11.6. The van der Waals surface area contributed by atoms with E-state index in [1.54, 1.807) is 4.90 Å². The number of hydrogen-bond acceptors (Lipinski definition) is 3. The second-order valence-corrected chi connectivity index (χ2v) is 6.70. The highest BCUT2D eigenvalue weighted by Crippen LogP contribution is 2.22. The van der Waals surface area contributed by atoms with Gasteiger partial charge >= 0.3 is 0 Å². The number of hydrogen-bond donors (Lipinski definition) is 0. The number of aryl methyl sites for hydroxylation is 1. The van der Waals surface area contributed by atoms with E-state index in [1.807, 2.05) is 36.1 Å². The SMILES string of the molecule is Cc1ccc(N(CC(=O)N2CCCCC2)C(=O)[C@H]2CCCO2)cc1. The summed E-state index contributed by atoms with van der Waals surface area (Å²) in [6, 6.07) is 7.75. The summed E-state index contributed by atoms with van der Waals surface area (Å²) >= 11 is 0. The van der Waals surface area contributed by atoms with Crippen molar-refractivity contribution in [3.05, 3.63) is 29.8 Å². The highest BCUT2D eigenvalue weighted by molar-refractivity contribution is 6.01. The van der Waals surface area contributed by atoms with E-state index in [1.165, 1.54) is 6.42 Å². The summed E-state index contributed by atoms with van der Waals surface area (Å²) in [7, 11) is 0. The molecule has 0 spiro atoms. The highest BCUT2D eigenvalue weighted by Gasteiger charge is 2.31. The lowest BCUT2D eigenvalue weighted by Gasteiger charge is -2.31. The third-order valence-corrected chi connectivity index (χ3v) is 4.82. The van der Waals surface area contributed by atoms with Crippen molar-refractivity contribution in [1.29, 1.82) is 0 Å². The molecule has 0 aromatic heterocycles. The molecule has 0 radical (unpaired) electrons. The van der Waals surface area contributed by atoms with Gasteiger partial charge in [0.25, 0.3) is 5.91 Å². The van der Waals surface area contributed by atoms with Gasteiger partial charge in [-0.1, -0.05) is 17.7 Å². The molecule has 3 rings (SSSR count). The zero-order valence-corrected chi connectivity index (χ0v) is 14.4. The quantitative estimate of drug-likeness (QED) is 0.852. The molecular weight excluding hydrogens is 304 g/mol. The summed E-state index contributed by atoms with van der Waals surface area (Å²) in [5.41, 5.74) is 1.90. The van der Waals surface area contributed by atoms with Gasteiger partial charge < -0.3 is 14.5 Å². The van der Waals surface area contributed by atoms with Crippen LogP contribution in [-0.4, -0.2) is 49.1 Å². The summed E-state index contributed by atoms with van der Waals surface area (Å²) in [5, 5.41) is 0. The summed E-state index contributed by atoms with van der Waals surface area (Å²) < 4.78 is 5.55. The van der Waals surface area contributed by atoms with Crippen LogP contribution in [0.15, 0.2) is 24.3 Å². The first kappa shape index (κ1) is 17.0. The van der Waals surface area contributed by atoms with Crippen molar-refractivity contribution < 1.29 is 14.3 Å². The number of amides is 2. The molecule has 2 heterocycles. The number of rotatable bonds is 4. The summed E-state index contributed by atoms with van der Waals surface area (Å²) in [6.07, 6.45) is 4.50. The Labute approximate surface area is 143 Å². The fourth-order valence-corrected chi connectivity index (χ4v) is 3.35. The Hall–Kier alpha value is -1.88. The van der Waals surface area contributed by atoms with Crippen molar-refractivity contribution in [2.24, 2.45) is 0 Å². The minimum atomic E-state index is -0.416. The standard InChI is InChI=1S/C19H26N2O3/c1-15-7-9-16(10-8-15)21(19(23)17-6-5-13-24-17)14-18(22)20-11-3-2-4-12-20/h7-10,17H,2-6,11-14H2,1H3/t17-/m1/s1. The van der Waals surface area contributed by atoms with Gasteiger partial charge in [0.2, 0.25) is 5.91 Å². The third-order valence-electron chi connectivity index (χ3n) is 4.82. The van der Waals surface area contributed by atoms with Crippen molar-refractivity contribution in [1.82, 2.24) is 4.90 Å². The van der Waals surface area contributed by atoms with E-state index in [-0.39, 0.29) is 18.4 Å². The molecule has 1 aromatic carbocycles. The van der Waals surface area contributed by atoms with Crippen LogP contribution in [0.4, 0.5) is 5.69 Å². The molecule has 2 aliphatic rings. The number of anilines is 1. The van der Waals surface area contributed by atoms with Gasteiger partial charge in [-0.15, -0.1) is 0 Å². The first-order valence-electron chi connectivity index (χ1n) is 8.92. The number of piperidine rings is 1. The lowest BCUT2D eigenvalue weighted by atomic mass is 10.1. The Kier molecular flexibility index (Phi) is 5.51. The molecule has 2 fully saturated rings. The average Bonchev–Trinajstić information content (AvgIpc) is 3.15. The fourth-order valence-electron chi connectivity index (χ4n) is 3.35. The molecule has 2 amide bonds. The molecule has 5 nitrogen and oxygen atoms in total.